The SMILES string of the molecule is Cc1ccc(NC(=O)C2(N)CCOCC2)c(C)c1O. The van der Waals surface area contributed by atoms with Gasteiger partial charge in [0, 0.05) is 24.5 Å². The van der Waals surface area contributed by atoms with Crippen LogP contribution in [-0.4, -0.2) is 29.8 Å². The summed E-state index contributed by atoms with van der Waals surface area (Å²) in [6.07, 6.45) is 1.02. The highest BCUT2D eigenvalue weighted by atomic mass is 16.5. The van der Waals surface area contributed by atoms with Crippen molar-refractivity contribution in [3.63, 3.8) is 0 Å². The lowest BCUT2D eigenvalue weighted by molar-refractivity contribution is -0.124. The van der Waals surface area contributed by atoms with Crippen LogP contribution in [0.25, 0.3) is 0 Å². The minimum Gasteiger partial charge on any atom is -0.507 e. The molecule has 0 unspecified atom stereocenters. The molecular weight excluding hydrogens is 244 g/mol. The zero-order chi connectivity index (χ0) is 14.0. The number of amides is 1. The summed E-state index contributed by atoms with van der Waals surface area (Å²) in [7, 11) is 0. The number of benzene rings is 1. The topological polar surface area (TPSA) is 84.6 Å². The maximum absolute atomic E-state index is 12.3. The number of nitrogens with two attached hydrogens (primary N) is 1. The van der Waals surface area contributed by atoms with E-state index in [1.54, 1.807) is 19.1 Å². The van der Waals surface area contributed by atoms with Gasteiger partial charge in [0.05, 0.1) is 0 Å². The first-order valence-electron chi connectivity index (χ1n) is 6.41. The van der Waals surface area contributed by atoms with Gasteiger partial charge in [-0.3, -0.25) is 4.79 Å². The molecular formula is C14H20N2O3. The minimum atomic E-state index is -0.884. The predicted molar refractivity (Wildman–Crippen MR) is 73.2 cm³/mol. The first-order chi connectivity index (χ1) is 8.94. The Morgan fingerprint density at radius 3 is 2.63 bits per heavy atom. The van der Waals surface area contributed by atoms with Gasteiger partial charge in [-0.1, -0.05) is 6.07 Å². The van der Waals surface area contributed by atoms with E-state index in [0.717, 1.165) is 5.56 Å². The second-order valence-corrected chi connectivity index (χ2v) is 5.13. The maximum Gasteiger partial charge on any atom is 0.244 e. The van der Waals surface area contributed by atoms with Crippen LogP contribution >= 0.6 is 0 Å². The minimum absolute atomic E-state index is 0.204. The van der Waals surface area contributed by atoms with Crippen LogP contribution in [0, 0.1) is 13.8 Å². The summed E-state index contributed by atoms with van der Waals surface area (Å²) in [5.74, 6) is -0.0157. The Labute approximate surface area is 112 Å². The number of hydrogen-bond donors (Lipinski definition) is 3. The van der Waals surface area contributed by atoms with E-state index in [4.69, 9.17) is 10.5 Å². The molecule has 2 rings (SSSR count). The third kappa shape index (κ3) is 2.72. The van der Waals surface area contributed by atoms with E-state index in [1.807, 2.05) is 6.92 Å². The van der Waals surface area contributed by atoms with Crippen LogP contribution in [0.5, 0.6) is 5.75 Å². The van der Waals surface area contributed by atoms with Crippen LogP contribution in [-0.2, 0) is 9.53 Å². The third-order valence-electron chi connectivity index (χ3n) is 3.72. The van der Waals surface area contributed by atoms with Gasteiger partial charge in [-0.05, 0) is 38.3 Å². The van der Waals surface area contributed by atoms with Gasteiger partial charge in [-0.15, -0.1) is 0 Å². The van der Waals surface area contributed by atoms with Gasteiger partial charge < -0.3 is 20.9 Å². The van der Waals surface area contributed by atoms with Crippen LogP contribution in [0.1, 0.15) is 24.0 Å². The molecule has 1 aliphatic rings. The lowest BCUT2D eigenvalue weighted by atomic mass is 9.90. The predicted octanol–water partition coefficient (Wildman–Crippen LogP) is 1.46. The Bertz CT molecular complexity index is 494. The summed E-state index contributed by atoms with van der Waals surface area (Å²) >= 11 is 0. The second-order valence-electron chi connectivity index (χ2n) is 5.13. The third-order valence-corrected chi connectivity index (χ3v) is 3.72. The fourth-order valence-corrected chi connectivity index (χ4v) is 2.18. The standard InChI is InChI=1S/C14H20N2O3/c1-9-3-4-11(10(2)12(9)17)16-13(18)14(15)5-7-19-8-6-14/h3-4,17H,5-8,15H2,1-2H3,(H,16,18). The Hall–Kier alpha value is -1.59. The molecule has 0 spiro atoms. The molecule has 0 saturated carbocycles. The van der Waals surface area contributed by atoms with Gasteiger partial charge in [0.1, 0.15) is 11.3 Å². The van der Waals surface area contributed by atoms with E-state index in [2.05, 4.69) is 5.32 Å². The van der Waals surface area contributed by atoms with Crippen molar-refractivity contribution in [1.29, 1.82) is 0 Å². The number of aryl methyl sites for hydroxylation is 1. The molecule has 0 atom stereocenters. The summed E-state index contributed by atoms with van der Waals surface area (Å²) in [5.41, 5.74) is 7.27. The summed E-state index contributed by atoms with van der Waals surface area (Å²) in [4.78, 5) is 12.3. The molecule has 1 heterocycles. The number of anilines is 1. The van der Waals surface area contributed by atoms with Crippen molar-refractivity contribution in [1.82, 2.24) is 0 Å². The zero-order valence-corrected chi connectivity index (χ0v) is 11.3. The molecule has 19 heavy (non-hydrogen) atoms. The van der Waals surface area contributed by atoms with E-state index < -0.39 is 5.54 Å². The lowest BCUT2D eigenvalue weighted by Crippen LogP contribution is -2.54. The van der Waals surface area contributed by atoms with Crippen molar-refractivity contribution in [2.45, 2.75) is 32.2 Å². The second kappa shape index (κ2) is 5.19. The maximum atomic E-state index is 12.3. The van der Waals surface area contributed by atoms with Crippen LogP contribution in [0.3, 0.4) is 0 Å². The number of phenolic OH excluding ortho intramolecular Hbond substituents is 1. The summed E-state index contributed by atoms with van der Waals surface area (Å²) in [6.45, 7) is 4.59. The van der Waals surface area contributed by atoms with Crippen LogP contribution < -0.4 is 11.1 Å². The average molecular weight is 264 g/mol. The van der Waals surface area contributed by atoms with Gasteiger partial charge in [0.2, 0.25) is 5.91 Å². The molecule has 0 aliphatic carbocycles. The number of aromatic hydroxyl groups is 1. The Kier molecular flexibility index (Phi) is 3.78. The monoisotopic (exact) mass is 264 g/mol. The van der Waals surface area contributed by atoms with Crippen molar-refractivity contribution in [2.24, 2.45) is 5.73 Å². The molecule has 0 bridgehead atoms. The molecule has 1 fully saturated rings. The van der Waals surface area contributed by atoms with E-state index in [-0.39, 0.29) is 11.7 Å². The number of nitrogens with one attached hydrogen (secondary N) is 1. The number of phenols is 1. The number of carbonyl (C=O) groups excluding carboxylic acids is 1. The van der Waals surface area contributed by atoms with E-state index in [1.165, 1.54) is 0 Å². The van der Waals surface area contributed by atoms with E-state index in [0.29, 0.717) is 37.3 Å². The fraction of sp³-hybridized carbons (Fsp3) is 0.500. The van der Waals surface area contributed by atoms with Crippen molar-refractivity contribution < 1.29 is 14.6 Å². The van der Waals surface area contributed by atoms with Crippen molar-refractivity contribution in [3.8, 4) is 5.75 Å². The van der Waals surface area contributed by atoms with Crippen molar-refractivity contribution in [2.75, 3.05) is 18.5 Å². The van der Waals surface area contributed by atoms with Gasteiger partial charge >= 0.3 is 0 Å². The van der Waals surface area contributed by atoms with Gasteiger partial charge in [0.25, 0.3) is 0 Å². The molecule has 0 aromatic heterocycles. The highest BCUT2D eigenvalue weighted by Gasteiger charge is 2.36. The quantitative estimate of drug-likeness (QED) is 0.755. The fourth-order valence-electron chi connectivity index (χ4n) is 2.18. The first-order valence-corrected chi connectivity index (χ1v) is 6.41. The van der Waals surface area contributed by atoms with E-state index >= 15 is 0 Å². The molecule has 104 valence electrons. The molecule has 1 aromatic rings. The molecule has 1 aromatic carbocycles. The largest absolute Gasteiger partial charge is 0.507 e. The molecule has 4 N–H and O–H groups in total. The summed E-state index contributed by atoms with van der Waals surface area (Å²) in [6, 6.07) is 3.55. The number of carbonyl (C=O) groups is 1. The highest BCUT2D eigenvalue weighted by Crippen LogP contribution is 2.29. The van der Waals surface area contributed by atoms with Crippen molar-refractivity contribution >= 4 is 11.6 Å². The summed E-state index contributed by atoms with van der Waals surface area (Å²) in [5, 5.41) is 12.7. The lowest BCUT2D eigenvalue weighted by Gasteiger charge is -2.32. The van der Waals surface area contributed by atoms with Gasteiger partial charge in [0.15, 0.2) is 0 Å². The Morgan fingerprint density at radius 1 is 1.37 bits per heavy atom. The highest BCUT2D eigenvalue weighted by molar-refractivity contribution is 5.98. The number of rotatable bonds is 2. The Balaban J connectivity index is 2.17. The smallest absolute Gasteiger partial charge is 0.244 e. The molecule has 5 heteroatoms. The first kappa shape index (κ1) is 13.8. The van der Waals surface area contributed by atoms with Crippen LogP contribution in [0.4, 0.5) is 5.69 Å². The zero-order valence-electron chi connectivity index (χ0n) is 11.3. The van der Waals surface area contributed by atoms with Gasteiger partial charge in [-0.2, -0.15) is 0 Å². The van der Waals surface area contributed by atoms with Gasteiger partial charge in [-0.25, -0.2) is 0 Å². The Morgan fingerprint density at radius 2 is 2.00 bits per heavy atom. The van der Waals surface area contributed by atoms with Crippen LogP contribution in [0.2, 0.25) is 0 Å². The molecule has 0 radical (unpaired) electrons. The molecule has 1 saturated heterocycles. The molecule has 5 nitrogen and oxygen atoms in total. The molecule has 1 aliphatic heterocycles. The number of hydrogen-bond acceptors (Lipinski definition) is 4. The average Bonchev–Trinajstić information content (AvgIpc) is 2.40. The summed E-state index contributed by atoms with van der Waals surface area (Å²) < 4.78 is 5.22. The number of ether oxygens (including phenoxy) is 1. The van der Waals surface area contributed by atoms with Crippen LogP contribution in [0.15, 0.2) is 12.1 Å². The normalized spacial score (nSPS) is 18.1. The molecule has 1 amide bonds. The van der Waals surface area contributed by atoms with E-state index in [9.17, 15) is 9.90 Å². The van der Waals surface area contributed by atoms with Crippen molar-refractivity contribution in [3.05, 3.63) is 23.3 Å².